The molecule has 116 valence electrons. The van der Waals surface area contributed by atoms with Crippen molar-refractivity contribution in [2.45, 2.75) is 12.8 Å². The van der Waals surface area contributed by atoms with Gasteiger partial charge in [-0.05, 0) is 30.0 Å². The van der Waals surface area contributed by atoms with Gasteiger partial charge >= 0.3 is 5.97 Å². The summed E-state index contributed by atoms with van der Waals surface area (Å²) in [4.78, 5) is 24.4. The third-order valence-corrected chi connectivity index (χ3v) is 4.50. The predicted molar refractivity (Wildman–Crippen MR) is 88.7 cm³/mol. The van der Waals surface area contributed by atoms with E-state index in [9.17, 15) is 9.59 Å². The molecule has 1 N–H and O–H groups in total. The molecule has 0 spiro atoms. The first-order chi connectivity index (χ1) is 10.6. The van der Waals surface area contributed by atoms with Crippen molar-refractivity contribution in [1.82, 2.24) is 0 Å². The maximum absolute atomic E-state index is 11.7. The van der Waals surface area contributed by atoms with Gasteiger partial charge in [-0.15, -0.1) is 11.3 Å². The number of hydrogen-bond acceptors (Lipinski definition) is 4. The van der Waals surface area contributed by atoms with Crippen molar-refractivity contribution in [2.75, 3.05) is 11.9 Å². The number of thiophene rings is 1. The molecule has 4 nitrogen and oxygen atoms in total. The van der Waals surface area contributed by atoms with Gasteiger partial charge in [0, 0.05) is 4.88 Å². The van der Waals surface area contributed by atoms with Gasteiger partial charge in [-0.3, -0.25) is 9.59 Å². The molecule has 0 aliphatic heterocycles. The third kappa shape index (κ3) is 5.02. The highest BCUT2D eigenvalue weighted by molar-refractivity contribution is 7.09. The molecular formula is C15H13Cl2NO3S. The van der Waals surface area contributed by atoms with Gasteiger partial charge < -0.3 is 10.1 Å². The van der Waals surface area contributed by atoms with Crippen LogP contribution < -0.4 is 5.32 Å². The number of esters is 1. The van der Waals surface area contributed by atoms with Crippen LogP contribution in [0.1, 0.15) is 11.3 Å². The molecule has 0 bridgehead atoms. The highest BCUT2D eigenvalue weighted by Gasteiger charge is 2.11. The van der Waals surface area contributed by atoms with E-state index in [1.807, 2.05) is 17.5 Å². The van der Waals surface area contributed by atoms with E-state index in [2.05, 4.69) is 5.32 Å². The Bertz CT molecular complexity index is 659. The van der Waals surface area contributed by atoms with Crippen LogP contribution in [0.5, 0.6) is 0 Å². The van der Waals surface area contributed by atoms with Crippen molar-refractivity contribution in [2.24, 2.45) is 0 Å². The van der Waals surface area contributed by atoms with E-state index in [-0.39, 0.29) is 18.1 Å². The number of carbonyl (C=O) groups excluding carboxylic acids is 2. The Labute approximate surface area is 142 Å². The monoisotopic (exact) mass is 357 g/mol. The average Bonchev–Trinajstić information content (AvgIpc) is 3.01. The summed E-state index contributed by atoms with van der Waals surface area (Å²) in [6, 6.07) is 8.77. The van der Waals surface area contributed by atoms with Gasteiger partial charge in [-0.25, -0.2) is 0 Å². The van der Waals surface area contributed by atoms with E-state index in [1.165, 1.54) is 0 Å². The molecular weight excluding hydrogens is 345 g/mol. The van der Waals surface area contributed by atoms with E-state index in [1.54, 1.807) is 29.5 Å². The minimum absolute atomic E-state index is 0.242. The molecule has 22 heavy (non-hydrogen) atoms. The Hall–Kier alpha value is -1.56. The fourth-order valence-electron chi connectivity index (χ4n) is 1.68. The number of halogens is 2. The number of amides is 1. The number of anilines is 1. The number of nitrogens with one attached hydrogen (secondary N) is 1. The Balaban J connectivity index is 1.75. The predicted octanol–water partition coefficient (Wildman–Crippen LogP) is 4.17. The summed E-state index contributed by atoms with van der Waals surface area (Å²) in [6.45, 7) is -0.355. The lowest BCUT2D eigenvalue weighted by molar-refractivity contribution is -0.147. The van der Waals surface area contributed by atoms with Gasteiger partial charge in [0.1, 0.15) is 0 Å². The van der Waals surface area contributed by atoms with E-state index in [4.69, 9.17) is 27.9 Å². The molecule has 1 aromatic heterocycles. The first-order valence-corrected chi connectivity index (χ1v) is 8.11. The van der Waals surface area contributed by atoms with Crippen molar-refractivity contribution < 1.29 is 14.3 Å². The van der Waals surface area contributed by atoms with Crippen molar-refractivity contribution >= 4 is 52.1 Å². The van der Waals surface area contributed by atoms with Gasteiger partial charge in [-0.2, -0.15) is 0 Å². The van der Waals surface area contributed by atoms with Crippen LogP contribution in [0, 0.1) is 0 Å². The summed E-state index contributed by atoms with van der Waals surface area (Å²) in [6.07, 6.45) is 0.851. The van der Waals surface area contributed by atoms with Gasteiger partial charge in [0.05, 0.1) is 22.2 Å². The third-order valence-electron chi connectivity index (χ3n) is 2.75. The summed E-state index contributed by atoms with van der Waals surface area (Å²) in [5, 5.41) is 5.08. The summed E-state index contributed by atoms with van der Waals surface area (Å²) >= 11 is 13.4. The molecule has 1 aromatic carbocycles. The molecule has 0 fully saturated rings. The zero-order chi connectivity index (χ0) is 15.9. The van der Waals surface area contributed by atoms with Crippen molar-refractivity contribution in [1.29, 1.82) is 0 Å². The fourth-order valence-corrected chi connectivity index (χ4v) is 2.74. The van der Waals surface area contributed by atoms with Gasteiger partial charge in [0.25, 0.3) is 5.91 Å². The van der Waals surface area contributed by atoms with Gasteiger partial charge in [0.15, 0.2) is 6.61 Å². The molecule has 7 heteroatoms. The molecule has 0 saturated carbocycles. The number of rotatable bonds is 6. The van der Waals surface area contributed by atoms with Crippen LogP contribution in [0.3, 0.4) is 0 Å². The van der Waals surface area contributed by atoms with Crippen molar-refractivity contribution in [3.8, 4) is 0 Å². The quantitative estimate of drug-likeness (QED) is 0.789. The first kappa shape index (κ1) is 16.8. The van der Waals surface area contributed by atoms with Gasteiger partial charge in [0.2, 0.25) is 0 Å². The molecule has 0 radical (unpaired) electrons. The zero-order valence-electron chi connectivity index (χ0n) is 11.5. The number of aryl methyl sites for hydroxylation is 1. The summed E-state index contributed by atoms with van der Waals surface area (Å²) < 4.78 is 4.92. The average molecular weight is 358 g/mol. The van der Waals surface area contributed by atoms with Crippen LogP contribution in [0.4, 0.5) is 5.69 Å². The minimum atomic E-state index is -0.464. The topological polar surface area (TPSA) is 55.4 Å². The highest BCUT2D eigenvalue weighted by Crippen LogP contribution is 2.29. The maximum atomic E-state index is 11.7. The smallest absolute Gasteiger partial charge is 0.306 e. The summed E-state index contributed by atoms with van der Waals surface area (Å²) in [7, 11) is 0. The van der Waals surface area contributed by atoms with E-state index < -0.39 is 11.9 Å². The lowest BCUT2D eigenvalue weighted by Crippen LogP contribution is -2.21. The number of hydrogen-bond donors (Lipinski definition) is 1. The summed E-state index contributed by atoms with van der Waals surface area (Å²) in [5.74, 6) is -0.880. The number of carbonyl (C=O) groups is 2. The molecule has 0 saturated heterocycles. The van der Waals surface area contributed by atoms with Crippen LogP contribution in [0.15, 0.2) is 35.7 Å². The molecule has 0 aliphatic carbocycles. The molecule has 2 rings (SSSR count). The first-order valence-electron chi connectivity index (χ1n) is 6.48. The Morgan fingerprint density at radius 2 is 2.00 bits per heavy atom. The van der Waals surface area contributed by atoms with Crippen LogP contribution in [-0.4, -0.2) is 18.5 Å². The summed E-state index contributed by atoms with van der Waals surface area (Å²) in [5.41, 5.74) is 0.383. The lowest BCUT2D eigenvalue weighted by atomic mass is 10.3. The molecule has 0 atom stereocenters. The largest absolute Gasteiger partial charge is 0.456 e. The van der Waals surface area contributed by atoms with E-state index in [0.717, 1.165) is 4.88 Å². The highest BCUT2D eigenvalue weighted by atomic mass is 35.5. The van der Waals surface area contributed by atoms with Crippen LogP contribution >= 0.6 is 34.5 Å². The number of benzene rings is 1. The standard InChI is InChI=1S/C15H13Cl2NO3S/c16-11-4-1-5-12(15(11)17)18-13(19)9-21-14(20)7-6-10-3-2-8-22-10/h1-5,8H,6-7,9H2,(H,18,19). The second-order valence-corrected chi connectivity index (χ2v) is 6.21. The molecule has 1 amide bonds. The Kier molecular flexibility index (Phi) is 6.24. The zero-order valence-corrected chi connectivity index (χ0v) is 13.8. The van der Waals surface area contributed by atoms with E-state index >= 15 is 0 Å². The maximum Gasteiger partial charge on any atom is 0.306 e. The van der Waals surface area contributed by atoms with Gasteiger partial charge in [-0.1, -0.05) is 35.3 Å². The lowest BCUT2D eigenvalue weighted by Gasteiger charge is -2.08. The number of ether oxygens (including phenoxy) is 1. The Morgan fingerprint density at radius 1 is 1.18 bits per heavy atom. The molecule has 2 aromatic rings. The van der Waals surface area contributed by atoms with Crippen LogP contribution in [0.2, 0.25) is 10.0 Å². The SMILES string of the molecule is O=C(COC(=O)CCc1cccs1)Nc1cccc(Cl)c1Cl. The van der Waals surface area contributed by atoms with Crippen LogP contribution in [0.25, 0.3) is 0 Å². The van der Waals surface area contributed by atoms with E-state index in [0.29, 0.717) is 17.1 Å². The second-order valence-electron chi connectivity index (χ2n) is 4.39. The van der Waals surface area contributed by atoms with Crippen molar-refractivity contribution in [3.63, 3.8) is 0 Å². The molecule has 0 unspecified atom stereocenters. The second kappa shape index (κ2) is 8.17. The molecule has 0 aliphatic rings. The fraction of sp³-hybridized carbons (Fsp3) is 0.200. The minimum Gasteiger partial charge on any atom is -0.456 e. The molecule has 1 heterocycles. The Morgan fingerprint density at radius 3 is 2.73 bits per heavy atom. The van der Waals surface area contributed by atoms with Crippen LogP contribution in [-0.2, 0) is 20.7 Å². The van der Waals surface area contributed by atoms with Crippen molar-refractivity contribution in [3.05, 3.63) is 50.6 Å². The normalized spacial score (nSPS) is 10.3.